The molecular formula is C12H14ClN3O5. The van der Waals surface area contributed by atoms with Gasteiger partial charge in [0.2, 0.25) is 0 Å². The first-order valence-electron chi connectivity index (χ1n) is 6.15. The molecule has 1 aromatic heterocycles. The Morgan fingerprint density at radius 1 is 1.57 bits per heavy atom. The molecule has 0 radical (unpaired) electrons. The Labute approximate surface area is 125 Å². The van der Waals surface area contributed by atoms with Crippen molar-refractivity contribution < 1.29 is 19.6 Å². The zero-order valence-electron chi connectivity index (χ0n) is 11.2. The average molecular weight is 316 g/mol. The molecule has 8 nitrogen and oxygen atoms in total. The molecule has 0 aromatic carbocycles. The van der Waals surface area contributed by atoms with Crippen molar-refractivity contribution >= 4 is 29.2 Å². The lowest BCUT2D eigenvalue weighted by atomic mass is 10.0. The first-order chi connectivity index (χ1) is 9.85. The number of aromatic nitrogens is 1. The van der Waals surface area contributed by atoms with Crippen LogP contribution in [0.25, 0.3) is 0 Å². The minimum absolute atomic E-state index is 0.0717. The molecule has 1 amide bonds. The highest BCUT2D eigenvalue weighted by Gasteiger charge is 2.18. The number of amides is 1. The van der Waals surface area contributed by atoms with Crippen molar-refractivity contribution in [2.24, 2.45) is 5.92 Å². The molecule has 0 aliphatic heterocycles. The summed E-state index contributed by atoms with van der Waals surface area (Å²) < 4.78 is 0. The summed E-state index contributed by atoms with van der Waals surface area (Å²) in [5, 5.41) is 21.7. The van der Waals surface area contributed by atoms with Gasteiger partial charge in [0.05, 0.1) is 10.5 Å². The van der Waals surface area contributed by atoms with Crippen LogP contribution in [0.1, 0.15) is 30.1 Å². The molecule has 0 saturated heterocycles. The van der Waals surface area contributed by atoms with Crippen LogP contribution in [0.4, 0.5) is 5.69 Å². The highest BCUT2D eigenvalue weighted by Crippen LogP contribution is 2.19. The third-order valence-corrected chi connectivity index (χ3v) is 3.17. The van der Waals surface area contributed by atoms with E-state index in [-0.39, 0.29) is 35.3 Å². The summed E-state index contributed by atoms with van der Waals surface area (Å²) in [7, 11) is 0. The van der Waals surface area contributed by atoms with Crippen LogP contribution in [-0.4, -0.2) is 33.4 Å². The average Bonchev–Trinajstić information content (AvgIpc) is 2.42. The molecule has 0 spiro atoms. The Hall–Kier alpha value is -2.22. The van der Waals surface area contributed by atoms with Crippen molar-refractivity contribution in [2.45, 2.75) is 19.8 Å². The fourth-order valence-corrected chi connectivity index (χ4v) is 1.83. The third-order valence-electron chi connectivity index (χ3n) is 2.87. The van der Waals surface area contributed by atoms with Crippen LogP contribution in [0.5, 0.6) is 0 Å². The molecule has 21 heavy (non-hydrogen) atoms. The number of carboxylic acids is 1. The van der Waals surface area contributed by atoms with Gasteiger partial charge in [-0.05, 0) is 5.92 Å². The van der Waals surface area contributed by atoms with Crippen LogP contribution in [0.3, 0.4) is 0 Å². The number of hydrogen-bond acceptors (Lipinski definition) is 5. The summed E-state index contributed by atoms with van der Waals surface area (Å²) in [5.41, 5.74) is -0.460. The molecule has 1 heterocycles. The van der Waals surface area contributed by atoms with Gasteiger partial charge < -0.3 is 10.4 Å². The molecule has 0 aliphatic carbocycles. The van der Waals surface area contributed by atoms with Gasteiger partial charge in [0.15, 0.2) is 0 Å². The Bertz CT molecular complexity index is 564. The van der Waals surface area contributed by atoms with Crippen LogP contribution in [0.15, 0.2) is 12.3 Å². The maximum atomic E-state index is 11.9. The van der Waals surface area contributed by atoms with E-state index in [1.165, 1.54) is 0 Å². The number of carbonyl (C=O) groups excluding carboxylic acids is 1. The van der Waals surface area contributed by atoms with Crippen molar-refractivity contribution in [3.8, 4) is 0 Å². The maximum Gasteiger partial charge on any atom is 0.303 e. The van der Waals surface area contributed by atoms with Crippen molar-refractivity contribution in [3.05, 3.63) is 33.1 Å². The van der Waals surface area contributed by atoms with E-state index in [4.69, 9.17) is 16.7 Å². The van der Waals surface area contributed by atoms with Gasteiger partial charge in [-0.2, -0.15) is 0 Å². The molecule has 0 aliphatic rings. The van der Waals surface area contributed by atoms with Crippen molar-refractivity contribution in [1.82, 2.24) is 10.3 Å². The molecule has 0 saturated carbocycles. The largest absolute Gasteiger partial charge is 0.481 e. The second-order valence-corrected chi connectivity index (χ2v) is 4.73. The van der Waals surface area contributed by atoms with Gasteiger partial charge in [0.1, 0.15) is 11.3 Å². The quantitative estimate of drug-likeness (QED) is 0.450. The molecule has 1 rings (SSSR count). The number of nitrogens with one attached hydrogen (secondary N) is 1. The smallest absolute Gasteiger partial charge is 0.303 e. The van der Waals surface area contributed by atoms with E-state index in [1.54, 1.807) is 0 Å². The zero-order valence-corrected chi connectivity index (χ0v) is 12.0. The SMILES string of the molecule is CCC(CNC(=O)c1cc([N+](=O)[O-])cnc1Cl)CC(=O)O. The zero-order chi connectivity index (χ0) is 16.0. The maximum absolute atomic E-state index is 11.9. The van der Waals surface area contributed by atoms with Crippen LogP contribution in [-0.2, 0) is 4.79 Å². The van der Waals surface area contributed by atoms with E-state index in [2.05, 4.69) is 10.3 Å². The van der Waals surface area contributed by atoms with Crippen LogP contribution in [0.2, 0.25) is 5.15 Å². The fraction of sp³-hybridized carbons (Fsp3) is 0.417. The standard InChI is InChI=1S/C12H14ClN3O5/c1-2-7(3-10(17)18)5-15-12(19)9-4-8(16(20)21)6-14-11(9)13/h4,6-7H,2-3,5H2,1H3,(H,15,19)(H,17,18). The number of aliphatic carboxylic acids is 1. The van der Waals surface area contributed by atoms with E-state index in [1.807, 2.05) is 6.92 Å². The summed E-state index contributed by atoms with van der Waals surface area (Å²) >= 11 is 5.74. The van der Waals surface area contributed by atoms with Gasteiger partial charge in [-0.25, -0.2) is 4.98 Å². The van der Waals surface area contributed by atoms with E-state index >= 15 is 0 Å². The van der Waals surface area contributed by atoms with Crippen LogP contribution in [0, 0.1) is 16.0 Å². The fourth-order valence-electron chi connectivity index (χ4n) is 1.64. The number of halogens is 1. The van der Waals surface area contributed by atoms with Gasteiger partial charge in [-0.15, -0.1) is 0 Å². The second-order valence-electron chi connectivity index (χ2n) is 4.37. The monoisotopic (exact) mass is 315 g/mol. The predicted molar refractivity (Wildman–Crippen MR) is 74.3 cm³/mol. The van der Waals surface area contributed by atoms with Gasteiger partial charge >= 0.3 is 5.97 Å². The van der Waals surface area contributed by atoms with Crippen LogP contribution >= 0.6 is 11.6 Å². The van der Waals surface area contributed by atoms with E-state index in [9.17, 15) is 19.7 Å². The molecule has 0 fully saturated rings. The summed E-state index contributed by atoms with van der Waals surface area (Å²) in [6.07, 6.45) is 1.46. The summed E-state index contributed by atoms with van der Waals surface area (Å²) in [4.78, 5) is 36.1. The third kappa shape index (κ3) is 4.99. The molecule has 1 aromatic rings. The minimum Gasteiger partial charge on any atom is -0.481 e. The molecular weight excluding hydrogens is 302 g/mol. The predicted octanol–water partition coefficient (Wildman–Crippen LogP) is 1.87. The highest BCUT2D eigenvalue weighted by atomic mass is 35.5. The van der Waals surface area contributed by atoms with E-state index in [0.717, 1.165) is 12.3 Å². The number of carbonyl (C=O) groups is 2. The number of hydrogen-bond donors (Lipinski definition) is 2. The summed E-state index contributed by atoms with van der Waals surface area (Å²) in [6, 6.07) is 1.03. The molecule has 0 bridgehead atoms. The molecule has 114 valence electrons. The number of nitro groups is 1. The van der Waals surface area contributed by atoms with Gasteiger partial charge in [0.25, 0.3) is 11.6 Å². The van der Waals surface area contributed by atoms with Crippen molar-refractivity contribution in [2.75, 3.05) is 6.54 Å². The topological polar surface area (TPSA) is 122 Å². The van der Waals surface area contributed by atoms with Gasteiger partial charge in [-0.3, -0.25) is 19.7 Å². The molecule has 9 heteroatoms. The van der Waals surface area contributed by atoms with E-state index in [0.29, 0.717) is 6.42 Å². The van der Waals surface area contributed by atoms with Gasteiger partial charge in [-0.1, -0.05) is 24.9 Å². The number of rotatable bonds is 7. The number of carboxylic acid groups (broad SMARTS) is 1. The minimum atomic E-state index is -0.953. The van der Waals surface area contributed by atoms with Crippen molar-refractivity contribution in [3.63, 3.8) is 0 Å². The van der Waals surface area contributed by atoms with E-state index < -0.39 is 16.8 Å². The number of pyridine rings is 1. The van der Waals surface area contributed by atoms with Crippen LogP contribution < -0.4 is 5.32 Å². The molecule has 1 unspecified atom stereocenters. The van der Waals surface area contributed by atoms with Crippen molar-refractivity contribution in [1.29, 1.82) is 0 Å². The first kappa shape index (κ1) is 16.8. The normalized spacial score (nSPS) is 11.7. The Morgan fingerprint density at radius 3 is 2.76 bits per heavy atom. The Morgan fingerprint density at radius 2 is 2.24 bits per heavy atom. The lowest BCUT2D eigenvalue weighted by Gasteiger charge is -2.13. The summed E-state index contributed by atoms with van der Waals surface area (Å²) in [6.45, 7) is 1.95. The Balaban J connectivity index is 2.77. The second kappa shape index (κ2) is 7.53. The lowest BCUT2D eigenvalue weighted by Crippen LogP contribution is -2.30. The number of nitrogens with zero attached hydrogens (tertiary/aromatic N) is 2. The highest BCUT2D eigenvalue weighted by molar-refractivity contribution is 6.32. The molecule has 2 N–H and O–H groups in total. The molecule has 1 atom stereocenters. The lowest BCUT2D eigenvalue weighted by molar-refractivity contribution is -0.385. The summed E-state index contributed by atoms with van der Waals surface area (Å²) in [5.74, 6) is -1.80. The van der Waals surface area contributed by atoms with Gasteiger partial charge in [0, 0.05) is 19.0 Å². The first-order valence-corrected chi connectivity index (χ1v) is 6.52. The Kier molecular flexibility index (Phi) is 6.04.